The molecule has 0 spiro atoms. The molecule has 6 heteroatoms. The predicted octanol–water partition coefficient (Wildman–Crippen LogP) is 4.04. The number of ether oxygens (including phenoxy) is 1. The Balaban J connectivity index is 1.66. The number of rotatable bonds is 4. The van der Waals surface area contributed by atoms with E-state index in [0.717, 1.165) is 18.4 Å². The number of carbonyl (C=O) groups is 2. The summed E-state index contributed by atoms with van der Waals surface area (Å²) in [6, 6.07) is 10.8. The van der Waals surface area contributed by atoms with Gasteiger partial charge in [-0.2, -0.15) is 0 Å². The third-order valence-electron chi connectivity index (χ3n) is 4.84. The molecule has 0 saturated carbocycles. The van der Waals surface area contributed by atoms with E-state index in [-0.39, 0.29) is 6.04 Å². The van der Waals surface area contributed by atoms with E-state index in [2.05, 4.69) is 22.8 Å². The topological polar surface area (TPSA) is 67.4 Å². The van der Waals surface area contributed by atoms with Gasteiger partial charge in [-0.05, 0) is 67.5 Å². The smallest absolute Gasteiger partial charge is 0.313 e. The Kier molecular flexibility index (Phi) is 6.01. The number of hydrogen-bond donors (Lipinski definition) is 2. The second-order valence-corrected chi connectivity index (χ2v) is 7.17. The number of carbonyl (C=O) groups excluding carboxylic acids is 2. The Labute approximate surface area is 164 Å². The number of aryl methyl sites for hydroxylation is 2. The van der Waals surface area contributed by atoms with Gasteiger partial charge in [0.2, 0.25) is 0 Å². The van der Waals surface area contributed by atoms with Crippen molar-refractivity contribution in [3.63, 3.8) is 0 Å². The lowest BCUT2D eigenvalue weighted by atomic mass is 9.89. The maximum absolute atomic E-state index is 12.3. The fourth-order valence-electron chi connectivity index (χ4n) is 3.33. The van der Waals surface area contributed by atoms with Gasteiger partial charge in [0.05, 0.1) is 18.8 Å². The van der Waals surface area contributed by atoms with Crippen LogP contribution in [0, 0.1) is 0 Å². The molecule has 0 bridgehead atoms. The Hall–Kier alpha value is -2.53. The first-order valence-corrected chi connectivity index (χ1v) is 9.43. The minimum Gasteiger partial charge on any atom is -0.495 e. The molecule has 1 aliphatic carbocycles. The zero-order valence-electron chi connectivity index (χ0n) is 15.5. The van der Waals surface area contributed by atoms with Crippen LogP contribution >= 0.6 is 11.6 Å². The average Bonchev–Trinajstić information content (AvgIpc) is 2.67. The van der Waals surface area contributed by atoms with Crippen LogP contribution in [0.15, 0.2) is 36.4 Å². The third kappa shape index (κ3) is 4.61. The van der Waals surface area contributed by atoms with Crippen LogP contribution in [0.2, 0.25) is 5.02 Å². The second kappa shape index (κ2) is 8.44. The van der Waals surface area contributed by atoms with E-state index in [9.17, 15) is 9.59 Å². The molecule has 1 unspecified atom stereocenters. The third-order valence-corrected chi connectivity index (χ3v) is 5.07. The number of benzene rings is 2. The van der Waals surface area contributed by atoms with Gasteiger partial charge in [0.1, 0.15) is 5.75 Å². The van der Waals surface area contributed by atoms with E-state index in [4.69, 9.17) is 16.3 Å². The second-order valence-electron chi connectivity index (χ2n) is 6.73. The van der Waals surface area contributed by atoms with Gasteiger partial charge in [-0.1, -0.05) is 29.8 Å². The molecular weight excluding hydrogens is 364 g/mol. The van der Waals surface area contributed by atoms with E-state index in [1.165, 1.54) is 31.1 Å². The van der Waals surface area contributed by atoms with Gasteiger partial charge in [0, 0.05) is 5.02 Å². The summed E-state index contributed by atoms with van der Waals surface area (Å²) >= 11 is 5.95. The molecule has 142 valence electrons. The quantitative estimate of drug-likeness (QED) is 0.779. The summed E-state index contributed by atoms with van der Waals surface area (Å²) in [6.45, 7) is 1.87. The lowest BCUT2D eigenvalue weighted by Gasteiger charge is -2.20. The van der Waals surface area contributed by atoms with Crippen LogP contribution in [0.4, 0.5) is 5.69 Å². The van der Waals surface area contributed by atoms with E-state index in [1.54, 1.807) is 18.2 Å². The maximum Gasteiger partial charge on any atom is 0.313 e. The van der Waals surface area contributed by atoms with Crippen LogP contribution in [-0.4, -0.2) is 18.9 Å². The van der Waals surface area contributed by atoms with Gasteiger partial charge in [0.25, 0.3) is 0 Å². The number of methoxy groups -OCH3 is 1. The number of anilines is 1. The number of amides is 2. The van der Waals surface area contributed by atoms with Crippen LogP contribution in [-0.2, 0) is 22.4 Å². The summed E-state index contributed by atoms with van der Waals surface area (Å²) in [5.74, 6) is -1.04. The standard InChI is InChI=1S/C21H23ClN2O3/c1-13(15-8-7-14-5-3-4-6-16(14)11-15)23-20(25)21(26)24-18-12-17(22)9-10-19(18)27-2/h7-13H,3-6H2,1-2H3,(H,23,25)(H,24,26). The summed E-state index contributed by atoms with van der Waals surface area (Å²) in [4.78, 5) is 24.6. The monoisotopic (exact) mass is 386 g/mol. The highest BCUT2D eigenvalue weighted by Gasteiger charge is 2.20. The van der Waals surface area contributed by atoms with Crippen LogP contribution in [0.25, 0.3) is 0 Å². The summed E-state index contributed by atoms with van der Waals surface area (Å²) in [7, 11) is 1.48. The summed E-state index contributed by atoms with van der Waals surface area (Å²) < 4.78 is 5.18. The molecule has 2 amide bonds. The lowest BCUT2D eigenvalue weighted by Crippen LogP contribution is -2.37. The summed E-state index contributed by atoms with van der Waals surface area (Å²) in [6.07, 6.45) is 4.60. The summed E-state index contributed by atoms with van der Waals surface area (Å²) in [5.41, 5.74) is 4.08. The largest absolute Gasteiger partial charge is 0.495 e. The van der Waals surface area contributed by atoms with Gasteiger partial charge in [-0.25, -0.2) is 0 Å². The normalized spacial score (nSPS) is 14.0. The molecule has 0 fully saturated rings. The number of hydrogen-bond acceptors (Lipinski definition) is 3. The zero-order chi connectivity index (χ0) is 19.4. The Morgan fingerprint density at radius 3 is 2.52 bits per heavy atom. The van der Waals surface area contributed by atoms with Crippen LogP contribution in [0.1, 0.15) is 42.5 Å². The van der Waals surface area contributed by atoms with Crippen molar-refractivity contribution in [1.82, 2.24) is 5.32 Å². The minimum atomic E-state index is -0.764. The average molecular weight is 387 g/mol. The first-order valence-electron chi connectivity index (χ1n) is 9.05. The molecule has 0 aliphatic heterocycles. The fourth-order valence-corrected chi connectivity index (χ4v) is 3.50. The van der Waals surface area contributed by atoms with Crippen molar-refractivity contribution in [3.8, 4) is 5.75 Å². The van der Waals surface area contributed by atoms with Crippen LogP contribution in [0.3, 0.4) is 0 Å². The SMILES string of the molecule is COc1ccc(Cl)cc1NC(=O)C(=O)NC(C)c1ccc2c(c1)CCCC2. The molecule has 2 N–H and O–H groups in total. The van der Waals surface area contributed by atoms with E-state index >= 15 is 0 Å². The van der Waals surface area contributed by atoms with Gasteiger partial charge in [-0.15, -0.1) is 0 Å². The molecule has 3 rings (SSSR count). The molecule has 0 aromatic heterocycles. The maximum atomic E-state index is 12.3. The molecule has 2 aromatic rings. The summed E-state index contributed by atoms with van der Waals surface area (Å²) in [5, 5.41) is 5.74. The minimum absolute atomic E-state index is 0.267. The number of nitrogens with one attached hydrogen (secondary N) is 2. The van der Waals surface area contributed by atoms with Gasteiger partial charge in [0.15, 0.2) is 0 Å². The highest BCUT2D eigenvalue weighted by Crippen LogP contribution is 2.28. The van der Waals surface area contributed by atoms with E-state index in [1.807, 2.05) is 13.0 Å². The van der Waals surface area contributed by atoms with Crippen molar-refractivity contribution >= 4 is 29.1 Å². The molecule has 1 aliphatic rings. The first kappa shape index (κ1) is 19.2. The van der Waals surface area contributed by atoms with Gasteiger partial charge >= 0.3 is 11.8 Å². The Morgan fingerprint density at radius 2 is 1.78 bits per heavy atom. The molecule has 0 saturated heterocycles. The highest BCUT2D eigenvalue weighted by molar-refractivity contribution is 6.40. The molecule has 5 nitrogen and oxygen atoms in total. The van der Waals surface area contributed by atoms with Crippen molar-refractivity contribution < 1.29 is 14.3 Å². The van der Waals surface area contributed by atoms with Gasteiger partial charge < -0.3 is 15.4 Å². The van der Waals surface area contributed by atoms with E-state index in [0.29, 0.717) is 16.5 Å². The molecule has 2 aromatic carbocycles. The molecule has 0 radical (unpaired) electrons. The molecule has 1 atom stereocenters. The van der Waals surface area contributed by atoms with Crippen molar-refractivity contribution in [1.29, 1.82) is 0 Å². The van der Waals surface area contributed by atoms with Crippen molar-refractivity contribution in [2.75, 3.05) is 12.4 Å². The number of fused-ring (bicyclic) bond motifs is 1. The van der Waals surface area contributed by atoms with Crippen molar-refractivity contribution in [3.05, 3.63) is 58.1 Å². The Morgan fingerprint density at radius 1 is 1.04 bits per heavy atom. The Bertz CT molecular complexity index is 867. The lowest BCUT2D eigenvalue weighted by molar-refractivity contribution is -0.136. The van der Waals surface area contributed by atoms with Crippen molar-refractivity contribution in [2.24, 2.45) is 0 Å². The van der Waals surface area contributed by atoms with Crippen LogP contribution in [0.5, 0.6) is 5.75 Å². The van der Waals surface area contributed by atoms with Crippen molar-refractivity contribution in [2.45, 2.75) is 38.6 Å². The fraction of sp³-hybridized carbons (Fsp3) is 0.333. The zero-order valence-corrected chi connectivity index (χ0v) is 16.2. The molecule has 27 heavy (non-hydrogen) atoms. The molecule has 0 heterocycles. The first-order chi connectivity index (χ1) is 13.0. The van der Waals surface area contributed by atoms with Gasteiger partial charge in [-0.3, -0.25) is 9.59 Å². The highest BCUT2D eigenvalue weighted by atomic mass is 35.5. The number of halogens is 1. The van der Waals surface area contributed by atoms with E-state index < -0.39 is 11.8 Å². The van der Waals surface area contributed by atoms with Crippen LogP contribution < -0.4 is 15.4 Å². The predicted molar refractivity (Wildman–Crippen MR) is 106 cm³/mol. The molecular formula is C21H23ClN2O3.